The van der Waals surface area contributed by atoms with Crippen LogP contribution in [0.25, 0.3) is 0 Å². The van der Waals surface area contributed by atoms with Crippen LogP contribution in [0.15, 0.2) is 36.2 Å². The fourth-order valence-corrected chi connectivity index (χ4v) is 2.64. The van der Waals surface area contributed by atoms with Crippen LogP contribution >= 0.6 is 0 Å². The van der Waals surface area contributed by atoms with Gasteiger partial charge in [0.15, 0.2) is 0 Å². The van der Waals surface area contributed by atoms with Crippen LogP contribution in [-0.4, -0.2) is 32.1 Å². The number of carbonyl (C=O) groups is 2. The van der Waals surface area contributed by atoms with E-state index in [1.54, 1.807) is 13.3 Å². The number of esters is 1. The molecule has 22 heavy (non-hydrogen) atoms. The van der Waals surface area contributed by atoms with Gasteiger partial charge in [-0.3, -0.25) is 4.79 Å². The van der Waals surface area contributed by atoms with E-state index in [-0.39, 0.29) is 17.6 Å². The molecule has 0 aromatic heterocycles. The fraction of sp³-hybridized carbons (Fsp3) is 0.375. The minimum Gasteiger partial charge on any atom is -0.497 e. The monoisotopic (exact) mass is 302 g/mol. The van der Waals surface area contributed by atoms with Gasteiger partial charge >= 0.3 is 5.97 Å². The maximum absolute atomic E-state index is 12.4. The smallest absolute Gasteiger partial charge is 0.356 e. The van der Waals surface area contributed by atoms with Crippen LogP contribution in [0.1, 0.15) is 12.8 Å². The van der Waals surface area contributed by atoms with Crippen molar-refractivity contribution < 1.29 is 19.1 Å². The van der Waals surface area contributed by atoms with Crippen LogP contribution in [0.4, 0.5) is 5.69 Å². The van der Waals surface area contributed by atoms with Crippen molar-refractivity contribution in [3.63, 3.8) is 0 Å². The standard InChI is InChI=1S/C16H18N2O4/c1-21-12-7-5-11(6-8-12)18-9-13(16(20)22-2)17-15(19)14(18)10-3-4-10/h5-10,14H,3-4H2,1-2H3,(H,17,19). The number of ether oxygens (including phenoxy) is 2. The molecule has 6 heteroatoms. The number of methoxy groups -OCH3 is 2. The SMILES string of the molecule is COC(=O)C1=CN(c2ccc(OC)cc2)C(C2CC2)C(=O)N1. The molecule has 1 aromatic carbocycles. The highest BCUT2D eigenvalue weighted by Gasteiger charge is 2.43. The van der Waals surface area contributed by atoms with Crippen molar-refractivity contribution in [2.45, 2.75) is 18.9 Å². The molecule has 6 nitrogen and oxygen atoms in total. The largest absolute Gasteiger partial charge is 0.497 e. The summed E-state index contributed by atoms with van der Waals surface area (Å²) in [6, 6.07) is 7.12. The van der Waals surface area contributed by atoms with Gasteiger partial charge in [0.05, 0.1) is 14.2 Å². The Kier molecular flexibility index (Phi) is 3.75. The molecule has 0 bridgehead atoms. The Labute approximate surface area is 128 Å². The van der Waals surface area contributed by atoms with Gasteiger partial charge in [0.25, 0.3) is 0 Å². The highest BCUT2D eigenvalue weighted by atomic mass is 16.5. The number of amides is 1. The van der Waals surface area contributed by atoms with Gasteiger partial charge in [0.2, 0.25) is 5.91 Å². The number of nitrogens with zero attached hydrogens (tertiary/aromatic N) is 1. The zero-order chi connectivity index (χ0) is 15.7. The van der Waals surface area contributed by atoms with E-state index in [1.807, 2.05) is 29.2 Å². The molecule has 0 saturated heterocycles. The number of anilines is 1. The lowest BCUT2D eigenvalue weighted by molar-refractivity contribution is -0.138. The minimum atomic E-state index is -0.555. The zero-order valence-corrected chi connectivity index (χ0v) is 12.5. The van der Waals surface area contributed by atoms with Crippen LogP contribution in [0.2, 0.25) is 0 Å². The molecule has 1 heterocycles. The summed E-state index contributed by atoms with van der Waals surface area (Å²) in [5.74, 6) is 0.338. The molecule has 1 unspecified atom stereocenters. The molecule has 3 rings (SSSR count). The summed E-state index contributed by atoms with van der Waals surface area (Å²) in [6.07, 6.45) is 3.69. The molecule has 1 amide bonds. The van der Waals surface area contributed by atoms with Crippen LogP contribution in [0, 0.1) is 5.92 Å². The summed E-state index contributed by atoms with van der Waals surface area (Å²) < 4.78 is 9.86. The molecule has 1 saturated carbocycles. The molecular weight excluding hydrogens is 284 g/mol. The van der Waals surface area contributed by atoms with Gasteiger partial charge in [-0.15, -0.1) is 0 Å². The Hall–Kier alpha value is -2.50. The quantitative estimate of drug-likeness (QED) is 0.852. The van der Waals surface area contributed by atoms with Gasteiger partial charge in [-0.25, -0.2) is 4.79 Å². The Morgan fingerprint density at radius 3 is 2.45 bits per heavy atom. The average molecular weight is 302 g/mol. The third-order valence-electron chi connectivity index (χ3n) is 3.94. The van der Waals surface area contributed by atoms with Gasteiger partial charge in [0.1, 0.15) is 17.5 Å². The van der Waals surface area contributed by atoms with Gasteiger partial charge in [-0.2, -0.15) is 0 Å². The summed E-state index contributed by atoms with van der Waals surface area (Å²) in [4.78, 5) is 26.0. The second-order valence-corrected chi connectivity index (χ2v) is 5.41. The van der Waals surface area contributed by atoms with Crippen molar-refractivity contribution in [1.29, 1.82) is 0 Å². The maximum atomic E-state index is 12.4. The maximum Gasteiger partial charge on any atom is 0.356 e. The summed E-state index contributed by atoms with van der Waals surface area (Å²) >= 11 is 0. The predicted octanol–water partition coefficient (Wildman–Crippen LogP) is 1.42. The molecule has 2 aliphatic rings. The number of nitrogens with one attached hydrogen (secondary N) is 1. The molecule has 0 spiro atoms. The van der Waals surface area contributed by atoms with Gasteiger partial charge in [0, 0.05) is 11.9 Å². The second kappa shape index (κ2) is 5.71. The fourth-order valence-electron chi connectivity index (χ4n) is 2.64. The van der Waals surface area contributed by atoms with Gasteiger partial charge in [-0.1, -0.05) is 0 Å². The first kappa shape index (κ1) is 14.4. The highest BCUT2D eigenvalue weighted by molar-refractivity contribution is 5.99. The minimum absolute atomic E-state index is 0.153. The van der Waals surface area contributed by atoms with Crippen LogP contribution in [0.5, 0.6) is 5.75 Å². The van der Waals surface area contributed by atoms with E-state index in [2.05, 4.69) is 5.32 Å². The van der Waals surface area contributed by atoms with Crippen LogP contribution < -0.4 is 15.0 Å². The van der Waals surface area contributed by atoms with Crippen molar-refractivity contribution in [1.82, 2.24) is 5.32 Å². The van der Waals surface area contributed by atoms with E-state index in [4.69, 9.17) is 9.47 Å². The van der Waals surface area contributed by atoms with E-state index < -0.39 is 5.97 Å². The first-order valence-electron chi connectivity index (χ1n) is 7.17. The third kappa shape index (κ3) is 2.64. The Morgan fingerprint density at radius 1 is 1.23 bits per heavy atom. The molecule has 116 valence electrons. The second-order valence-electron chi connectivity index (χ2n) is 5.41. The van der Waals surface area contributed by atoms with E-state index >= 15 is 0 Å². The van der Waals surface area contributed by atoms with Crippen LogP contribution in [0.3, 0.4) is 0 Å². The lowest BCUT2D eigenvalue weighted by atomic mass is 10.1. The topological polar surface area (TPSA) is 67.9 Å². The number of hydrogen-bond donors (Lipinski definition) is 1. The summed E-state index contributed by atoms with van der Waals surface area (Å²) in [5, 5.41) is 2.64. The molecule has 1 atom stereocenters. The summed E-state index contributed by atoms with van der Waals surface area (Å²) in [5.41, 5.74) is 0.995. The predicted molar refractivity (Wildman–Crippen MR) is 80.2 cm³/mol. The summed E-state index contributed by atoms with van der Waals surface area (Å²) in [7, 11) is 2.89. The van der Waals surface area contributed by atoms with E-state index in [9.17, 15) is 9.59 Å². The first-order valence-corrected chi connectivity index (χ1v) is 7.17. The van der Waals surface area contributed by atoms with Crippen molar-refractivity contribution in [2.24, 2.45) is 5.92 Å². The molecular formula is C16H18N2O4. The Morgan fingerprint density at radius 2 is 1.91 bits per heavy atom. The summed E-state index contributed by atoms with van der Waals surface area (Å²) in [6.45, 7) is 0. The van der Waals surface area contributed by atoms with Crippen LogP contribution in [-0.2, 0) is 14.3 Å². The lowest BCUT2D eigenvalue weighted by Crippen LogP contribution is -2.51. The van der Waals surface area contributed by atoms with Gasteiger partial charge in [-0.05, 0) is 43.0 Å². The first-order chi connectivity index (χ1) is 10.6. The Bertz CT molecular complexity index is 620. The average Bonchev–Trinajstić information content (AvgIpc) is 3.38. The highest BCUT2D eigenvalue weighted by Crippen LogP contribution is 2.39. The van der Waals surface area contributed by atoms with Crippen molar-refractivity contribution in [3.05, 3.63) is 36.2 Å². The Balaban J connectivity index is 1.97. The van der Waals surface area contributed by atoms with E-state index in [0.29, 0.717) is 5.92 Å². The zero-order valence-electron chi connectivity index (χ0n) is 12.5. The third-order valence-corrected chi connectivity index (χ3v) is 3.94. The molecule has 1 aliphatic carbocycles. The molecule has 1 aliphatic heterocycles. The lowest BCUT2D eigenvalue weighted by Gasteiger charge is -2.34. The van der Waals surface area contributed by atoms with Crippen molar-refractivity contribution >= 4 is 17.6 Å². The number of rotatable bonds is 4. The van der Waals surface area contributed by atoms with Crippen molar-refractivity contribution in [2.75, 3.05) is 19.1 Å². The molecule has 0 radical (unpaired) electrons. The normalized spacial score (nSPS) is 21.0. The van der Waals surface area contributed by atoms with Crippen molar-refractivity contribution in [3.8, 4) is 5.75 Å². The molecule has 1 N–H and O–H groups in total. The van der Waals surface area contributed by atoms with E-state index in [0.717, 1.165) is 24.3 Å². The van der Waals surface area contributed by atoms with E-state index in [1.165, 1.54) is 7.11 Å². The number of hydrogen-bond acceptors (Lipinski definition) is 5. The number of carbonyl (C=O) groups excluding carboxylic acids is 2. The molecule has 1 aromatic rings. The number of benzene rings is 1. The molecule has 1 fully saturated rings. The van der Waals surface area contributed by atoms with Gasteiger partial charge < -0.3 is 19.7 Å².